The lowest BCUT2D eigenvalue weighted by Gasteiger charge is -2.05. The molecule has 0 atom stereocenters. The summed E-state index contributed by atoms with van der Waals surface area (Å²) in [6, 6.07) is 14.9. The van der Waals surface area contributed by atoms with E-state index in [4.69, 9.17) is 5.73 Å². The molecule has 0 spiro atoms. The molecule has 0 amide bonds. The smallest absolute Gasteiger partial charge is 0.156 e. The highest BCUT2D eigenvalue weighted by Gasteiger charge is 2.14. The second-order valence-corrected chi connectivity index (χ2v) is 4.77. The highest BCUT2D eigenvalue weighted by Crippen LogP contribution is 2.28. The van der Waals surface area contributed by atoms with Gasteiger partial charge in [-0.1, -0.05) is 48.5 Å². The number of hydrogen-bond acceptors (Lipinski definition) is 4. The third kappa shape index (κ3) is 2.33. The lowest BCUT2D eigenvalue weighted by molar-refractivity contribution is 0.470. The molecule has 0 unspecified atom stereocenters. The van der Waals surface area contributed by atoms with Crippen molar-refractivity contribution >= 4 is 5.82 Å². The molecule has 0 fully saturated rings. The molecule has 2 aromatic carbocycles. The predicted molar refractivity (Wildman–Crippen MR) is 82.3 cm³/mol. The molecule has 5 nitrogen and oxygen atoms in total. The quantitative estimate of drug-likeness (QED) is 0.773. The number of aryl methyl sites for hydroxylation is 1. The minimum Gasteiger partial charge on any atom is -0.506 e. The molecule has 0 bridgehead atoms. The molecule has 3 rings (SSSR count). The van der Waals surface area contributed by atoms with Crippen LogP contribution in [-0.2, 0) is 6.42 Å². The van der Waals surface area contributed by atoms with Crippen LogP contribution in [-0.4, -0.2) is 20.1 Å². The number of benzene rings is 2. The summed E-state index contributed by atoms with van der Waals surface area (Å²) in [6.07, 6.45) is 0.986. The van der Waals surface area contributed by atoms with Crippen LogP contribution in [0.15, 0.2) is 48.5 Å². The van der Waals surface area contributed by atoms with Crippen LogP contribution in [0.1, 0.15) is 12.5 Å². The fourth-order valence-electron chi connectivity index (χ4n) is 2.21. The number of anilines is 1. The van der Waals surface area contributed by atoms with Gasteiger partial charge in [0.2, 0.25) is 0 Å². The Bertz CT molecular complexity index is 762. The van der Waals surface area contributed by atoms with E-state index in [-0.39, 0.29) is 5.75 Å². The number of aromatic nitrogens is 3. The molecule has 0 aliphatic carbocycles. The summed E-state index contributed by atoms with van der Waals surface area (Å²) in [6.45, 7) is 2.11. The van der Waals surface area contributed by atoms with Gasteiger partial charge < -0.3 is 10.8 Å². The van der Waals surface area contributed by atoms with E-state index in [2.05, 4.69) is 17.2 Å². The van der Waals surface area contributed by atoms with Crippen molar-refractivity contribution in [1.82, 2.24) is 15.0 Å². The van der Waals surface area contributed by atoms with Crippen LogP contribution in [0.2, 0.25) is 0 Å². The molecule has 106 valence electrons. The molecule has 21 heavy (non-hydrogen) atoms. The van der Waals surface area contributed by atoms with Gasteiger partial charge >= 0.3 is 0 Å². The topological polar surface area (TPSA) is 77.0 Å². The van der Waals surface area contributed by atoms with Crippen LogP contribution < -0.4 is 5.73 Å². The van der Waals surface area contributed by atoms with Crippen LogP contribution >= 0.6 is 0 Å². The molecule has 1 aromatic heterocycles. The number of phenols is 1. The highest BCUT2D eigenvalue weighted by molar-refractivity contribution is 5.71. The Labute approximate surface area is 122 Å². The summed E-state index contributed by atoms with van der Waals surface area (Å²) < 4.78 is 1.44. The highest BCUT2D eigenvalue weighted by atomic mass is 16.3. The molecule has 0 radical (unpaired) electrons. The van der Waals surface area contributed by atoms with E-state index in [0.29, 0.717) is 17.2 Å². The van der Waals surface area contributed by atoms with Gasteiger partial charge in [-0.2, -0.15) is 4.68 Å². The molecule has 1 heterocycles. The average Bonchev–Trinajstić information content (AvgIpc) is 2.89. The molecule has 0 aliphatic rings. The Morgan fingerprint density at radius 1 is 1.10 bits per heavy atom. The largest absolute Gasteiger partial charge is 0.506 e. The second kappa shape index (κ2) is 5.28. The van der Waals surface area contributed by atoms with E-state index in [1.807, 2.05) is 30.3 Å². The minimum atomic E-state index is 0.113. The lowest BCUT2D eigenvalue weighted by Crippen LogP contribution is -2.02. The van der Waals surface area contributed by atoms with Crippen molar-refractivity contribution in [1.29, 1.82) is 0 Å². The zero-order valence-corrected chi connectivity index (χ0v) is 11.7. The fourth-order valence-corrected chi connectivity index (χ4v) is 2.21. The first-order chi connectivity index (χ1) is 10.2. The number of nitrogen functional groups attached to an aromatic ring is 1. The maximum Gasteiger partial charge on any atom is 0.156 e. The molecule has 3 N–H and O–H groups in total. The van der Waals surface area contributed by atoms with E-state index >= 15 is 0 Å². The van der Waals surface area contributed by atoms with Gasteiger partial charge in [0.25, 0.3) is 0 Å². The molecule has 0 saturated heterocycles. The van der Waals surface area contributed by atoms with Gasteiger partial charge in [-0.05, 0) is 24.1 Å². The van der Waals surface area contributed by atoms with Gasteiger partial charge in [0.05, 0.1) is 0 Å². The van der Waals surface area contributed by atoms with Gasteiger partial charge in [0, 0.05) is 5.56 Å². The van der Waals surface area contributed by atoms with Gasteiger partial charge in [0.15, 0.2) is 5.82 Å². The van der Waals surface area contributed by atoms with Crippen LogP contribution in [0.25, 0.3) is 16.9 Å². The molecule has 3 aromatic rings. The van der Waals surface area contributed by atoms with Crippen molar-refractivity contribution in [2.24, 2.45) is 0 Å². The number of para-hydroxylation sites is 2. The Kier molecular flexibility index (Phi) is 3.31. The lowest BCUT2D eigenvalue weighted by atomic mass is 10.1. The molecule has 0 aliphatic heterocycles. The third-order valence-electron chi connectivity index (χ3n) is 3.45. The second-order valence-electron chi connectivity index (χ2n) is 4.77. The first kappa shape index (κ1) is 13.2. The fraction of sp³-hybridized carbons (Fsp3) is 0.125. The van der Waals surface area contributed by atoms with Crippen LogP contribution in [0.5, 0.6) is 5.75 Å². The first-order valence-electron chi connectivity index (χ1n) is 6.79. The Balaban J connectivity index is 2.05. The van der Waals surface area contributed by atoms with Crippen molar-refractivity contribution in [3.05, 3.63) is 54.1 Å². The normalized spacial score (nSPS) is 10.7. The summed E-state index contributed by atoms with van der Waals surface area (Å²) in [5.41, 5.74) is 9.42. The molecule has 5 heteroatoms. The van der Waals surface area contributed by atoms with E-state index in [1.165, 1.54) is 10.2 Å². The van der Waals surface area contributed by atoms with Crippen molar-refractivity contribution in [2.45, 2.75) is 13.3 Å². The Morgan fingerprint density at radius 2 is 1.81 bits per heavy atom. The van der Waals surface area contributed by atoms with Crippen molar-refractivity contribution in [3.63, 3.8) is 0 Å². The maximum absolute atomic E-state index is 9.89. The molecular formula is C16H16N4O. The first-order valence-corrected chi connectivity index (χ1v) is 6.79. The Hall–Kier alpha value is -2.82. The van der Waals surface area contributed by atoms with Gasteiger partial charge in [-0.3, -0.25) is 0 Å². The van der Waals surface area contributed by atoms with Crippen LogP contribution in [0.3, 0.4) is 0 Å². The number of phenolic OH excluding ortho intramolecular Hbond substituents is 1. The summed E-state index contributed by atoms with van der Waals surface area (Å²) >= 11 is 0. The number of nitrogens with zero attached hydrogens (tertiary/aromatic N) is 3. The zero-order valence-electron chi connectivity index (χ0n) is 11.7. The SMILES string of the molecule is CCc1ccc(-c2nnn(-c3ccccc3O)c2N)cc1. The number of hydrogen-bond donors (Lipinski definition) is 2. The summed E-state index contributed by atoms with van der Waals surface area (Å²) in [4.78, 5) is 0. The van der Waals surface area contributed by atoms with Crippen molar-refractivity contribution < 1.29 is 5.11 Å². The number of aromatic hydroxyl groups is 1. The van der Waals surface area contributed by atoms with E-state index in [9.17, 15) is 5.11 Å². The molecule has 0 saturated carbocycles. The van der Waals surface area contributed by atoms with Crippen LogP contribution in [0, 0.1) is 0 Å². The summed E-state index contributed by atoms with van der Waals surface area (Å²) in [5, 5.41) is 18.1. The number of rotatable bonds is 3. The standard InChI is InChI=1S/C16H16N4O/c1-2-11-7-9-12(10-8-11)15-16(17)20(19-18-15)13-5-3-4-6-14(13)21/h3-10,21H,2,17H2,1H3. The minimum absolute atomic E-state index is 0.113. The zero-order chi connectivity index (χ0) is 14.8. The van der Waals surface area contributed by atoms with Crippen LogP contribution in [0.4, 0.5) is 5.82 Å². The molecular weight excluding hydrogens is 264 g/mol. The van der Waals surface area contributed by atoms with Crippen molar-refractivity contribution in [2.75, 3.05) is 5.73 Å². The van der Waals surface area contributed by atoms with Crippen molar-refractivity contribution in [3.8, 4) is 22.7 Å². The van der Waals surface area contributed by atoms with E-state index in [0.717, 1.165) is 12.0 Å². The maximum atomic E-state index is 9.89. The van der Waals surface area contributed by atoms with E-state index < -0.39 is 0 Å². The summed E-state index contributed by atoms with van der Waals surface area (Å²) in [5.74, 6) is 0.516. The summed E-state index contributed by atoms with van der Waals surface area (Å²) in [7, 11) is 0. The predicted octanol–water partition coefficient (Wildman–Crippen LogP) is 2.78. The van der Waals surface area contributed by atoms with Gasteiger partial charge in [-0.15, -0.1) is 5.10 Å². The van der Waals surface area contributed by atoms with Gasteiger partial charge in [0.1, 0.15) is 17.1 Å². The third-order valence-corrected chi connectivity index (χ3v) is 3.45. The average molecular weight is 280 g/mol. The monoisotopic (exact) mass is 280 g/mol. The number of nitrogens with two attached hydrogens (primary N) is 1. The van der Waals surface area contributed by atoms with Gasteiger partial charge in [-0.25, -0.2) is 0 Å². The van der Waals surface area contributed by atoms with E-state index in [1.54, 1.807) is 18.2 Å². The Morgan fingerprint density at radius 3 is 2.48 bits per heavy atom.